The number of aromatic nitrogens is 1. The summed E-state index contributed by atoms with van der Waals surface area (Å²) in [5, 5.41) is 4.45. The molecular formula is C15H13BrN2OS. The Morgan fingerprint density at radius 2 is 2.10 bits per heavy atom. The van der Waals surface area contributed by atoms with E-state index in [1.807, 2.05) is 36.4 Å². The molecule has 0 amide bonds. The molecule has 0 atom stereocenters. The molecule has 0 aliphatic rings. The number of para-hydroxylation sites is 1. The van der Waals surface area contributed by atoms with E-state index in [1.165, 1.54) is 4.70 Å². The van der Waals surface area contributed by atoms with Gasteiger partial charge in [-0.3, -0.25) is 0 Å². The first kappa shape index (κ1) is 13.4. The van der Waals surface area contributed by atoms with Crippen LogP contribution in [0.4, 0.5) is 5.69 Å². The molecule has 3 nitrogen and oxygen atoms in total. The number of benzene rings is 2. The highest BCUT2D eigenvalue weighted by atomic mass is 79.9. The minimum absolute atomic E-state index is 0.712. The zero-order chi connectivity index (χ0) is 13.9. The highest BCUT2D eigenvalue weighted by Crippen LogP contribution is 2.28. The van der Waals surface area contributed by atoms with Gasteiger partial charge in [-0.15, -0.1) is 11.3 Å². The van der Waals surface area contributed by atoms with E-state index in [0.717, 1.165) is 26.4 Å². The van der Waals surface area contributed by atoms with E-state index in [4.69, 9.17) is 4.74 Å². The van der Waals surface area contributed by atoms with Gasteiger partial charge in [-0.05, 0) is 40.2 Å². The van der Waals surface area contributed by atoms with Crippen LogP contribution in [0.2, 0.25) is 0 Å². The highest BCUT2D eigenvalue weighted by molar-refractivity contribution is 9.10. The number of anilines is 1. The molecule has 0 bridgehead atoms. The summed E-state index contributed by atoms with van der Waals surface area (Å²) in [4.78, 5) is 4.60. The molecule has 0 saturated carbocycles. The number of nitrogens with one attached hydrogen (secondary N) is 1. The van der Waals surface area contributed by atoms with E-state index in [-0.39, 0.29) is 0 Å². The van der Waals surface area contributed by atoms with Crippen molar-refractivity contribution in [3.05, 3.63) is 51.9 Å². The lowest BCUT2D eigenvalue weighted by Crippen LogP contribution is -1.99. The van der Waals surface area contributed by atoms with Gasteiger partial charge in [0.15, 0.2) is 0 Å². The van der Waals surface area contributed by atoms with Gasteiger partial charge >= 0.3 is 0 Å². The van der Waals surface area contributed by atoms with Crippen molar-refractivity contribution in [1.82, 2.24) is 4.98 Å². The Kier molecular flexibility index (Phi) is 3.89. The highest BCUT2D eigenvalue weighted by Gasteiger charge is 2.04. The molecule has 3 aromatic rings. The molecule has 1 heterocycles. The number of nitrogens with zero attached hydrogens (tertiary/aromatic N) is 1. The second kappa shape index (κ2) is 5.81. The predicted molar refractivity (Wildman–Crippen MR) is 87.6 cm³/mol. The average Bonchev–Trinajstić information content (AvgIpc) is 2.89. The fraction of sp³-hybridized carbons (Fsp3) is 0.133. The van der Waals surface area contributed by atoms with E-state index < -0.39 is 0 Å². The van der Waals surface area contributed by atoms with E-state index in [1.54, 1.807) is 18.4 Å². The fourth-order valence-electron chi connectivity index (χ4n) is 1.94. The van der Waals surface area contributed by atoms with Crippen LogP contribution in [0.1, 0.15) is 5.01 Å². The molecule has 0 unspecified atom stereocenters. The van der Waals surface area contributed by atoms with Crippen LogP contribution in [0.3, 0.4) is 0 Å². The molecule has 0 saturated heterocycles. The molecule has 1 aromatic heterocycles. The Hall–Kier alpha value is -1.59. The first-order chi connectivity index (χ1) is 9.76. The van der Waals surface area contributed by atoms with Crippen LogP contribution in [0.25, 0.3) is 10.2 Å². The summed E-state index contributed by atoms with van der Waals surface area (Å²) in [6.45, 7) is 0.712. The van der Waals surface area contributed by atoms with Crippen LogP contribution in [-0.2, 0) is 6.54 Å². The van der Waals surface area contributed by atoms with Crippen LogP contribution in [0.5, 0.6) is 5.75 Å². The van der Waals surface area contributed by atoms with Gasteiger partial charge in [-0.1, -0.05) is 12.1 Å². The molecule has 2 aromatic carbocycles. The minimum Gasteiger partial charge on any atom is -0.495 e. The molecule has 20 heavy (non-hydrogen) atoms. The van der Waals surface area contributed by atoms with Crippen molar-refractivity contribution >= 4 is 43.2 Å². The van der Waals surface area contributed by atoms with Crippen molar-refractivity contribution in [1.29, 1.82) is 0 Å². The molecule has 0 fully saturated rings. The summed E-state index contributed by atoms with van der Waals surface area (Å²) in [6, 6.07) is 14.1. The lowest BCUT2D eigenvalue weighted by atomic mass is 10.3. The third-order valence-electron chi connectivity index (χ3n) is 2.93. The summed E-state index contributed by atoms with van der Waals surface area (Å²) >= 11 is 5.16. The number of hydrogen-bond acceptors (Lipinski definition) is 4. The molecule has 3 rings (SSSR count). The van der Waals surface area contributed by atoms with Crippen molar-refractivity contribution in [2.75, 3.05) is 12.4 Å². The Morgan fingerprint density at radius 1 is 1.25 bits per heavy atom. The number of rotatable bonds is 4. The molecule has 0 aliphatic carbocycles. The van der Waals surface area contributed by atoms with Gasteiger partial charge in [0.1, 0.15) is 10.8 Å². The lowest BCUT2D eigenvalue weighted by molar-refractivity contribution is 0.412. The van der Waals surface area contributed by atoms with Gasteiger partial charge < -0.3 is 10.1 Å². The quantitative estimate of drug-likeness (QED) is 0.743. The van der Waals surface area contributed by atoms with Gasteiger partial charge in [0, 0.05) is 11.8 Å². The van der Waals surface area contributed by atoms with Crippen LogP contribution >= 0.6 is 27.3 Å². The Bertz CT molecular complexity index is 709. The van der Waals surface area contributed by atoms with Gasteiger partial charge in [-0.25, -0.2) is 4.98 Å². The number of halogens is 1. The van der Waals surface area contributed by atoms with Gasteiger partial charge in [0.25, 0.3) is 0 Å². The molecule has 0 spiro atoms. The molecule has 5 heteroatoms. The lowest BCUT2D eigenvalue weighted by Gasteiger charge is -2.08. The van der Waals surface area contributed by atoms with Crippen LogP contribution in [0, 0.1) is 0 Å². The monoisotopic (exact) mass is 348 g/mol. The molecule has 102 valence electrons. The average molecular weight is 349 g/mol. The summed E-state index contributed by atoms with van der Waals surface area (Å²) in [7, 11) is 1.66. The number of hydrogen-bond donors (Lipinski definition) is 1. The van der Waals surface area contributed by atoms with Crippen molar-refractivity contribution in [3.63, 3.8) is 0 Å². The van der Waals surface area contributed by atoms with E-state index in [9.17, 15) is 0 Å². The molecule has 0 radical (unpaired) electrons. The number of ether oxygens (including phenoxy) is 1. The summed E-state index contributed by atoms with van der Waals surface area (Å²) < 4.78 is 7.46. The van der Waals surface area contributed by atoms with Crippen LogP contribution in [-0.4, -0.2) is 12.1 Å². The standard InChI is InChI=1S/C15H13BrN2OS/c1-19-13-8-10(6-7-11(13)16)17-9-15-18-12-4-2-3-5-14(12)20-15/h2-8,17H,9H2,1H3. The van der Waals surface area contributed by atoms with Crippen molar-refractivity contribution < 1.29 is 4.74 Å². The topological polar surface area (TPSA) is 34.1 Å². The maximum Gasteiger partial charge on any atom is 0.135 e. The van der Waals surface area contributed by atoms with Crippen LogP contribution in [0.15, 0.2) is 46.9 Å². The molecule has 0 aliphatic heterocycles. The third kappa shape index (κ3) is 2.78. The Morgan fingerprint density at radius 3 is 2.90 bits per heavy atom. The third-order valence-corrected chi connectivity index (χ3v) is 4.62. The number of methoxy groups -OCH3 is 1. The van der Waals surface area contributed by atoms with E-state index in [2.05, 4.69) is 32.3 Å². The van der Waals surface area contributed by atoms with Crippen molar-refractivity contribution in [2.45, 2.75) is 6.54 Å². The zero-order valence-electron chi connectivity index (χ0n) is 10.9. The van der Waals surface area contributed by atoms with Crippen molar-refractivity contribution in [2.24, 2.45) is 0 Å². The normalized spacial score (nSPS) is 10.7. The Labute approximate surface area is 129 Å². The second-order valence-electron chi connectivity index (χ2n) is 4.28. The largest absolute Gasteiger partial charge is 0.495 e. The second-order valence-corrected chi connectivity index (χ2v) is 6.25. The predicted octanol–water partition coefficient (Wildman–Crippen LogP) is 4.68. The summed E-state index contributed by atoms with van der Waals surface area (Å²) in [5.41, 5.74) is 2.08. The maximum atomic E-state index is 5.29. The Balaban J connectivity index is 1.75. The number of thiazole rings is 1. The maximum absolute atomic E-state index is 5.29. The SMILES string of the molecule is COc1cc(NCc2nc3ccccc3s2)ccc1Br. The van der Waals surface area contributed by atoms with E-state index in [0.29, 0.717) is 6.54 Å². The minimum atomic E-state index is 0.712. The van der Waals surface area contributed by atoms with Gasteiger partial charge in [0.05, 0.1) is 28.3 Å². The van der Waals surface area contributed by atoms with Gasteiger partial charge in [0.2, 0.25) is 0 Å². The van der Waals surface area contributed by atoms with E-state index >= 15 is 0 Å². The van der Waals surface area contributed by atoms with Crippen molar-refractivity contribution in [3.8, 4) is 5.75 Å². The fourth-order valence-corrected chi connectivity index (χ4v) is 3.26. The molecular weight excluding hydrogens is 336 g/mol. The zero-order valence-corrected chi connectivity index (χ0v) is 13.3. The van der Waals surface area contributed by atoms with Gasteiger partial charge in [-0.2, -0.15) is 0 Å². The molecule has 1 N–H and O–H groups in total. The number of fused-ring (bicyclic) bond motifs is 1. The first-order valence-electron chi connectivity index (χ1n) is 6.18. The summed E-state index contributed by atoms with van der Waals surface area (Å²) in [6.07, 6.45) is 0. The first-order valence-corrected chi connectivity index (χ1v) is 7.79. The van der Waals surface area contributed by atoms with Crippen LogP contribution < -0.4 is 10.1 Å². The summed E-state index contributed by atoms with van der Waals surface area (Å²) in [5.74, 6) is 0.819. The smallest absolute Gasteiger partial charge is 0.135 e.